The summed E-state index contributed by atoms with van der Waals surface area (Å²) in [5.41, 5.74) is 2.40. The maximum Gasteiger partial charge on any atom is 0.227 e. The zero-order chi connectivity index (χ0) is 12.8. The van der Waals surface area contributed by atoms with Crippen molar-refractivity contribution in [3.05, 3.63) is 52.4 Å². The van der Waals surface area contributed by atoms with E-state index < -0.39 is 0 Å². The Hall–Kier alpha value is -1.42. The van der Waals surface area contributed by atoms with Crippen molar-refractivity contribution in [2.45, 2.75) is 19.8 Å². The van der Waals surface area contributed by atoms with Crippen molar-refractivity contribution in [2.75, 3.05) is 6.61 Å². The lowest BCUT2D eigenvalue weighted by Gasteiger charge is -2.07. The van der Waals surface area contributed by atoms with Gasteiger partial charge in [0.1, 0.15) is 0 Å². The summed E-state index contributed by atoms with van der Waals surface area (Å²) in [7, 11) is 0. The third kappa shape index (κ3) is 3.81. The second-order valence-electron chi connectivity index (χ2n) is 4.11. The van der Waals surface area contributed by atoms with Crippen LogP contribution in [0.1, 0.15) is 17.5 Å². The summed E-state index contributed by atoms with van der Waals surface area (Å²) in [6.45, 7) is 2.67. The summed E-state index contributed by atoms with van der Waals surface area (Å²) < 4.78 is 6.55. The molecule has 0 aliphatic rings. The number of rotatable bonds is 5. The van der Waals surface area contributed by atoms with Crippen molar-refractivity contribution in [1.82, 2.24) is 9.97 Å². The Morgan fingerprint density at radius 1 is 1.28 bits per heavy atom. The first kappa shape index (κ1) is 13.0. The summed E-state index contributed by atoms with van der Waals surface area (Å²) in [4.78, 5) is 8.24. The molecule has 0 aliphatic heterocycles. The largest absolute Gasteiger partial charge is 0.477 e. The molecule has 0 aliphatic carbocycles. The number of pyridine rings is 2. The van der Waals surface area contributed by atoms with Crippen LogP contribution in [0, 0.1) is 6.92 Å². The number of aryl methyl sites for hydroxylation is 2. The first-order valence-electron chi connectivity index (χ1n) is 5.89. The van der Waals surface area contributed by atoms with E-state index in [4.69, 9.17) is 4.74 Å². The molecule has 0 amide bonds. The van der Waals surface area contributed by atoms with E-state index in [1.165, 1.54) is 5.56 Å². The van der Waals surface area contributed by atoms with Crippen LogP contribution in [0.2, 0.25) is 0 Å². The fourth-order valence-corrected chi connectivity index (χ4v) is 2.20. The van der Waals surface area contributed by atoms with E-state index in [0.29, 0.717) is 12.5 Å². The SMILES string of the molecule is Cc1cnc(OCCCc2ccncc2)c(Br)c1. The molecule has 2 aromatic rings. The van der Waals surface area contributed by atoms with Crippen LogP contribution in [-0.4, -0.2) is 16.6 Å². The molecule has 0 spiro atoms. The van der Waals surface area contributed by atoms with E-state index in [2.05, 4.69) is 25.9 Å². The molecule has 0 aromatic carbocycles. The number of nitrogens with zero attached hydrogens (tertiary/aromatic N) is 2. The zero-order valence-electron chi connectivity index (χ0n) is 10.3. The molecule has 0 atom stereocenters. The van der Waals surface area contributed by atoms with Gasteiger partial charge in [-0.1, -0.05) is 0 Å². The van der Waals surface area contributed by atoms with E-state index in [1.807, 2.05) is 43.7 Å². The highest BCUT2D eigenvalue weighted by Gasteiger charge is 2.02. The molecule has 18 heavy (non-hydrogen) atoms. The average Bonchev–Trinajstić information content (AvgIpc) is 2.38. The molecule has 2 aromatic heterocycles. The summed E-state index contributed by atoms with van der Waals surface area (Å²) in [6.07, 6.45) is 7.39. The number of hydrogen-bond acceptors (Lipinski definition) is 3. The van der Waals surface area contributed by atoms with E-state index >= 15 is 0 Å². The van der Waals surface area contributed by atoms with Gasteiger partial charge in [0.05, 0.1) is 11.1 Å². The van der Waals surface area contributed by atoms with Gasteiger partial charge in [-0.2, -0.15) is 0 Å². The van der Waals surface area contributed by atoms with Gasteiger partial charge in [0.15, 0.2) is 0 Å². The highest BCUT2D eigenvalue weighted by atomic mass is 79.9. The lowest BCUT2D eigenvalue weighted by atomic mass is 10.1. The van der Waals surface area contributed by atoms with Gasteiger partial charge in [-0.3, -0.25) is 4.98 Å². The predicted molar refractivity (Wildman–Crippen MR) is 74.7 cm³/mol. The summed E-state index contributed by atoms with van der Waals surface area (Å²) >= 11 is 3.45. The zero-order valence-corrected chi connectivity index (χ0v) is 11.9. The van der Waals surface area contributed by atoms with Gasteiger partial charge in [-0.15, -0.1) is 0 Å². The molecular weight excluding hydrogens is 292 g/mol. The maximum atomic E-state index is 5.64. The van der Waals surface area contributed by atoms with Crippen molar-refractivity contribution in [2.24, 2.45) is 0 Å². The van der Waals surface area contributed by atoms with Crippen molar-refractivity contribution >= 4 is 15.9 Å². The highest BCUT2D eigenvalue weighted by Crippen LogP contribution is 2.22. The first-order valence-corrected chi connectivity index (χ1v) is 6.69. The van der Waals surface area contributed by atoms with Crippen LogP contribution in [0.25, 0.3) is 0 Å². The van der Waals surface area contributed by atoms with E-state index in [1.54, 1.807) is 0 Å². The van der Waals surface area contributed by atoms with Crippen LogP contribution >= 0.6 is 15.9 Å². The molecular formula is C14H15BrN2O. The second-order valence-corrected chi connectivity index (χ2v) is 4.96. The number of ether oxygens (including phenoxy) is 1. The second kappa shape index (κ2) is 6.50. The summed E-state index contributed by atoms with van der Waals surface area (Å²) in [6, 6.07) is 6.06. The number of halogens is 1. The molecule has 94 valence electrons. The van der Waals surface area contributed by atoms with Crippen LogP contribution in [0.4, 0.5) is 0 Å². The Morgan fingerprint density at radius 2 is 2.06 bits per heavy atom. The number of aromatic nitrogens is 2. The summed E-state index contributed by atoms with van der Waals surface area (Å²) in [5.74, 6) is 0.662. The molecule has 2 rings (SSSR count). The molecule has 0 saturated heterocycles. The minimum absolute atomic E-state index is 0.662. The van der Waals surface area contributed by atoms with Crippen LogP contribution < -0.4 is 4.74 Å². The van der Waals surface area contributed by atoms with Gasteiger partial charge in [-0.25, -0.2) is 4.98 Å². The Bertz CT molecular complexity index is 502. The Balaban J connectivity index is 1.79. The van der Waals surface area contributed by atoms with E-state index in [-0.39, 0.29) is 0 Å². The molecule has 3 nitrogen and oxygen atoms in total. The van der Waals surface area contributed by atoms with Crippen molar-refractivity contribution in [3.8, 4) is 5.88 Å². The van der Waals surface area contributed by atoms with Crippen molar-refractivity contribution < 1.29 is 4.74 Å². The lowest BCUT2D eigenvalue weighted by molar-refractivity contribution is 0.297. The fraction of sp³-hybridized carbons (Fsp3) is 0.286. The first-order chi connectivity index (χ1) is 8.75. The van der Waals surface area contributed by atoms with Crippen molar-refractivity contribution in [1.29, 1.82) is 0 Å². The van der Waals surface area contributed by atoms with Crippen LogP contribution in [0.15, 0.2) is 41.3 Å². The minimum atomic E-state index is 0.662. The minimum Gasteiger partial charge on any atom is -0.477 e. The molecule has 0 saturated carbocycles. The van der Waals surface area contributed by atoms with Gasteiger partial charge < -0.3 is 4.74 Å². The van der Waals surface area contributed by atoms with Gasteiger partial charge in [-0.05, 0) is 65.0 Å². The number of hydrogen-bond donors (Lipinski definition) is 0. The average molecular weight is 307 g/mol. The normalized spacial score (nSPS) is 10.3. The predicted octanol–water partition coefficient (Wildman–Crippen LogP) is 3.56. The smallest absolute Gasteiger partial charge is 0.227 e. The quantitative estimate of drug-likeness (QED) is 0.792. The molecule has 0 N–H and O–H groups in total. The van der Waals surface area contributed by atoms with E-state index in [9.17, 15) is 0 Å². The highest BCUT2D eigenvalue weighted by molar-refractivity contribution is 9.10. The topological polar surface area (TPSA) is 35.0 Å². The third-order valence-electron chi connectivity index (χ3n) is 2.54. The third-order valence-corrected chi connectivity index (χ3v) is 3.11. The fourth-order valence-electron chi connectivity index (χ4n) is 1.62. The van der Waals surface area contributed by atoms with Gasteiger partial charge in [0, 0.05) is 18.6 Å². The molecule has 2 heterocycles. The maximum absolute atomic E-state index is 5.64. The molecule has 0 unspecified atom stereocenters. The molecule has 0 bridgehead atoms. The molecule has 4 heteroatoms. The summed E-state index contributed by atoms with van der Waals surface area (Å²) in [5, 5.41) is 0. The van der Waals surface area contributed by atoms with Crippen LogP contribution in [0.5, 0.6) is 5.88 Å². The van der Waals surface area contributed by atoms with E-state index in [0.717, 1.165) is 22.9 Å². The monoisotopic (exact) mass is 306 g/mol. The molecule has 0 radical (unpaired) electrons. The Labute approximate surface area is 115 Å². The van der Waals surface area contributed by atoms with Gasteiger partial charge in [0.2, 0.25) is 5.88 Å². The van der Waals surface area contributed by atoms with Gasteiger partial charge >= 0.3 is 0 Å². The van der Waals surface area contributed by atoms with Gasteiger partial charge in [0.25, 0.3) is 0 Å². The lowest BCUT2D eigenvalue weighted by Crippen LogP contribution is -2.01. The Morgan fingerprint density at radius 3 is 2.78 bits per heavy atom. The van der Waals surface area contributed by atoms with Crippen molar-refractivity contribution in [3.63, 3.8) is 0 Å². The standard InChI is InChI=1S/C14H15BrN2O/c1-11-9-13(15)14(17-10-11)18-8-2-3-12-4-6-16-7-5-12/h4-7,9-10H,2-3,8H2,1H3. The Kier molecular flexibility index (Phi) is 4.70. The molecule has 0 fully saturated rings. The van der Waals surface area contributed by atoms with Crippen LogP contribution in [-0.2, 0) is 6.42 Å². The van der Waals surface area contributed by atoms with Crippen LogP contribution in [0.3, 0.4) is 0 Å².